The van der Waals surface area contributed by atoms with E-state index >= 15 is 0 Å². The van der Waals surface area contributed by atoms with Crippen LogP contribution in [0.4, 0.5) is 0 Å². The van der Waals surface area contributed by atoms with Crippen molar-refractivity contribution in [2.45, 2.75) is 44.2 Å². The van der Waals surface area contributed by atoms with E-state index in [1.165, 1.54) is 12.8 Å². The number of benzene rings is 1. The Balaban J connectivity index is 2.19. The highest BCUT2D eigenvalue weighted by Crippen LogP contribution is 2.36. The van der Waals surface area contributed by atoms with Crippen LogP contribution in [0.15, 0.2) is 16.6 Å². The first-order chi connectivity index (χ1) is 10.0. The standard InChI is InChI=1S/C15H20BrNO4/c1-20-13-7-9(6-12(17)15(18)19)11(16)8-14(13)21-10-4-2-3-5-10/h7-8,10,12H,2-6,17H2,1H3,(H,18,19). The smallest absolute Gasteiger partial charge is 0.320 e. The summed E-state index contributed by atoms with van der Waals surface area (Å²) < 4.78 is 12.1. The van der Waals surface area contributed by atoms with E-state index < -0.39 is 12.0 Å². The van der Waals surface area contributed by atoms with Crippen LogP contribution in [-0.2, 0) is 11.2 Å². The Morgan fingerprint density at radius 1 is 1.43 bits per heavy atom. The summed E-state index contributed by atoms with van der Waals surface area (Å²) in [5.41, 5.74) is 6.38. The molecule has 0 spiro atoms. The molecule has 3 N–H and O–H groups in total. The van der Waals surface area contributed by atoms with E-state index in [0.29, 0.717) is 11.5 Å². The Hall–Kier alpha value is -1.27. The number of rotatable bonds is 6. The lowest BCUT2D eigenvalue weighted by molar-refractivity contribution is -0.138. The van der Waals surface area contributed by atoms with Gasteiger partial charge in [0.2, 0.25) is 0 Å². The van der Waals surface area contributed by atoms with Gasteiger partial charge in [0.05, 0.1) is 13.2 Å². The van der Waals surface area contributed by atoms with E-state index in [-0.39, 0.29) is 12.5 Å². The van der Waals surface area contributed by atoms with Crippen LogP contribution in [0.3, 0.4) is 0 Å². The highest BCUT2D eigenvalue weighted by molar-refractivity contribution is 9.10. The number of carbonyl (C=O) groups is 1. The highest BCUT2D eigenvalue weighted by Gasteiger charge is 2.21. The van der Waals surface area contributed by atoms with Crippen molar-refractivity contribution in [3.63, 3.8) is 0 Å². The second-order valence-electron chi connectivity index (χ2n) is 5.27. The molecule has 0 radical (unpaired) electrons. The van der Waals surface area contributed by atoms with Gasteiger partial charge in [-0.2, -0.15) is 0 Å². The summed E-state index contributed by atoms with van der Waals surface area (Å²) >= 11 is 3.45. The molecule has 0 bridgehead atoms. The van der Waals surface area contributed by atoms with Crippen LogP contribution in [0.25, 0.3) is 0 Å². The van der Waals surface area contributed by atoms with Gasteiger partial charge in [0, 0.05) is 4.47 Å². The molecule has 2 rings (SSSR count). The molecule has 1 aromatic carbocycles. The third-order valence-electron chi connectivity index (χ3n) is 3.69. The number of hydrogen-bond acceptors (Lipinski definition) is 4. The second-order valence-corrected chi connectivity index (χ2v) is 6.12. The first-order valence-electron chi connectivity index (χ1n) is 7.02. The molecule has 1 aliphatic rings. The van der Waals surface area contributed by atoms with E-state index in [0.717, 1.165) is 22.9 Å². The summed E-state index contributed by atoms with van der Waals surface area (Å²) in [6.45, 7) is 0. The minimum atomic E-state index is -1.02. The lowest BCUT2D eigenvalue weighted by Crippen LogP contribution is -2.32. The maximum atomic E-state index is 10.9. The predicted octanol–water partition coefficient (Wildman–Crippen LogP) is 2.73. The number of nitrogens with two attached hydrogens (primary N) is 1. The molecule has 1 aromatic rings. The van der Waals surface area contributed by atoms with Gasteiger partial charge in [-0.15, -0.1) is 0 Å². The maximum absolute atomic E-state index is 10.9. The molecule has 0 aliphatic heterocycles. The normalized spacial score (nSPS) is 16.7. The molecule has 0 heterocycles. The second kappa shape index (κ2) is 7.13. The van der Waals surface area contributed by atoms with Gasteiger partial charge in [-0.05, 0) is 49.8 Å². The van der Waals surface area contributed by atoms with Crippen molar-refractivity contribution in [3.8, 4) is 11.5 Å². The van der Waals surface area contributed by atoms with E-state index in [1.54, 1.807) is 13.2 Å². The minimum Gasteiger partial charge on any atom is -0.493 e. The van der Waals surface area contributed by atoms with Crippen molar-refractivity contribution in [3.05, 3.63) is 22.2 Å². The number of ether oxygens (including phenoxy) is 2. The average Bonchev–Trinajstić information content (AvgIpc) is 2.94. The van der Waals surface area contributed by atoms with Gasteiger partial charge < -0.3 is 20.3 Å². The van der Waals surface area contributed by atoms with Gasteiger partial charge in [0.25, 0.3) is 0 Å². The quantitative estimate of drug-likeness (QED) is 0.817. The zero-order chi connectivity index (χ0) is 15.4. The molecule has 1 unspecified atom stereocenters. The monoisotopic (exact) mass is 357 g/mol. The summed E-state index contributed by atoms with van der Waals surface area (Å²) in [7, 11) is 1.58. The SMILES string of the molecule is COc1cc(CC(N)C(=O)O)c(Br)cc1OC1CCCC1. The van der Waals surface area contributed by atoms with Gasteiger partial charge >= 0.3 is 5.97 Å². The Bertz CT molecular complexity index is 515. The topological polar surface area (TPSA) is 81.8 Å². The number of halogens is 1. The fourth-order valence-corrected chi connectivity index (χ4v) is 2.98. The number of methoxy groups -OCH3 is 1. The Kier molecular flexibility index (Phi) is 5.47. The zero-order valence-electron chi connectivity index (χ0n) is 12.0. The fourth-order valence-electron chi connectivity index (χ4n) is 2.50. The molecule has 0 aromatic heterocycles. The number of carboxylic acids is 1. The summed E-state index contributed by atoms with van der Waals surface area (Å²) in [4.78, 5) is 10.9. The van der Waals surface area contributed by atoms with Crippen LogP contribution < -0.4 is 15.2 Å². The van der Waals surface area contributed by atoms with Crippen LogP contribution in [0.2, 0.25) is 0 Å². The molecular weight excluding hydrogens is 338 g/mol. The van der Waals surface area contributed by atoms with Crippen LogP contribution in [0.5, 0.6) is 11.5 Å². The van der Waals surface area contributed by atoms with E-state index in [1.807, 2.05) is 6.07 Å². The molecular formula is C15H20BrNO4. The molecule has 116 valence electrons. The maximum Gasteiger partial charge on any atom is 0.320 e. The summed E-state index contributed by atoms with van der Waals surface area (Å²) in [6, 6.07) is 2.69. The lowest BCUT2D eigenvalue weighted by Gasteiger charge is -2.18. The number of carboxylic acid groups (broad SMARTS) is 1. The molecule has 0 saturated heterocycles. The van der Waals surface area contributed by atoms with Crippen molar-refractivity contribution in [2.75, 3.05) is 7.11 Å². The molecule has 0 amide bonds. The Morgan fingerprint density at radius 2 is 2.10 bits per heavy atom. The van der Waals surface area contributed by atoms with Crippen molar-refractivity contribution in [1.82, 2.24) is 0 Å². The largest absolute Gasteiger partial charge is 0.493 e. The minimum absolute atomic E-state index is 0.232. The van der Waals surface area contributed by atoms with Crippen LogP contribution >= 0.6 is 15.9 Å². The van der Waals surface area contributed by atoms with E-state index in [2.05, 4.69) is 15.9 Å². The Morgan fingerprint density at radius 3 is 2.67 bits per heavy atom. The number of hydrogen-bond donors (Lipinski definition) is 2. The predicted molar refractivity (Wildman–Crippen MR) is 82.9 cm³/mol. The van der Waals surface area contributed by atoms with E-state index in [4.69, 9.17) is 20.3 Å². The third kappa shape index (κ3) is 4.11. The van der Waals surface area contributed by atoms with Gasteiger partial charge in [-0.25, -0.2) is 0 Å². The fraction of sp³-hybridized carbons (Fsp3) is 0.533. The van der Waals surface area contributed by atoms with Crippen molar-refractivity contribution in [2.24, 2.45) is 5.73 Å². The van der Waals surface area contributed by atoms with Crippen molar-refractivity contribution < 1.29 is 19.4 Å². The van der Waals surface area contributed by atoms with Crippen LogP contribution in [0.1, 0.15) is 31.2 Å². The molecule has 1 atom stereocenters. The molecule has 1 saturated carbocycles. The van der Waals surface area contributed by atoms with Gasteiger partial charge in [0.15, 0.2) is 11.5 Å². The Labute approximate surface area is 132 Å². The third-order valence-corrected chi connectivity index (χ3v) is 4.42. The van der Waals surface area contributed by atoms with Crippen molar-refractivity contribution >= 4 is 21.9 Å². The molecule has 1 aliphatic carbocycles. The lowest BCUT2D eigenvalue weighted by atomic mass is 10.1. The molecule has 5 nitrogen and oxygen atoms in total. The first kappa shape index (κ1) is 16.1. The van der Waals surface area contributed by atoms with Gasteiger partial charge in [0.1, 0.15) is 6.04 Å². The average molecular weight is 358 g/mol. The van der Waals surface area contributed by atoms with Crippen LogP contribution in [0, 0.1) is 0 Å². The van der Waals surface area contributed by atoms with E-state index in [9.17, 15) is 4.79 Å². The molecule has 6 heteroatoms. The molecule has 1 fully saturated rings. The van der Waals surface area contributed by atoms with Gasteiger partial charge in [-0.3, -0.25) is 4.79 Å². The zero-order valence-corrected chi connectivity index (χ0v) is 13.6. The van der Waals surface area contributed by atoms with Crippen LogP contribution in [-0.4, -0.2) is 30.3 Å². The van der Waals surface area contributed by atoms with Gasteiger partial charge in [-0.1, -0.05) is 15.9 Å². The first-order valence-corrected chi connectivity index (χ1v) is 7.82. The summed E-state index contributed by atoms with van der Waals surface area (Å²) in [5, 5.41) is 8.91. The number of aliphatic carboxylic acids is 1. The summed E-state index contributed by atoms with van der Waals surface area (Å²) in [5.74, 6) is 0.272. The molecule has 21 heavy (non-hydrogen) atoms. The summed E-state index contributed by atoms with van der Waals surface area (Å²) in [6.07, 6.45) is 4.98. The highest BCUT2D eigenvalue weighted by atomic mass is 79.9. The van der Waals surface area contributed by atoms with Crippen molar-refractivity contribution in [1.29, 1.82) is 0 Å².